The zero-order chi connectivity index (χ0) is 20.5. The Bertz CT molecular complexity index is 1240. The maximum absolute atomic E-state index is 13.1. The second kappa shape index (κ2) is 7.76. The molecule has 2 heterocycles. The van der Waals surface area contributed by atoms with E-state index >= 15 is 0 Å². The molecule has 1 saturated heterocycles. The SMILES string of the molecule is Nc1nc2cc(-c3ccccc3)ccc2c(=O)n1C[C@H]1CC[C@@H](c2ccccc2)O1. The number of fused-ring (bicyclic) bond motifs is 1. The van der Waals surface area contributed by atoms with Crippen molar-refractivity contribution in [1.82, 2.24) is 9.55 Å². The minimum absolute atomic E-state index is 0.0574. The molecule has 0 radical (unpaired) electrons. The molecule has 0 saturated carbocycles. The number of nitrogen functional groups attached to an aromatic ring is 1. The van der Waals surface area contributed by atoms with Crippen LogP contribution in [0, 0.1) is 0 Å². The van der Waals surface area contributed by atoms with Crippen LogP contribution in [0.1, 0.15) is 24.5 Å². The molecule has 4 aromatic rings. The van der Waals surface area contributed by atoms with E-state index in [1.165, 1.54) is 5.56 Å². The lowest BCUT2D eigenvalue weighted by Gasteiger charge is -2.17. The molecule has 1 fully saturated rings. The summed E-state index contributed by atoms with van der Waals surface area (Å²) in [4.78, 5) is 17.7. The van der Waals surface area contributed by atoms with Gasteiger partial charge in [-0.1, -0.05) is 66.7 Å². The van der Waals surface area contributed by atoms with Gasteiger partial charge < -0.3 is 10.5 Å². The van der Waals surface area contributed by atoms with E-state index in [2.05, 4.69) is 17.1 Å². The molecular weight excluding hydrogens is 374 g/mol. The summed E-state index contributed by atoms with van der Waals surface area (Å²) < 4.78 is 7.75. The number of anilines is 1. The van der Waals surface area contributed by atoms with E-state index < -0.39 is 0 Å². The molecule has 0 aliphatic carbocycles. The van der Waals surface area contributed by atoms with Crippen molar-refractivity contribution in [3.05, 3.63) is 94.8 Å². The summed E-state index contributed by atoms with van der Waals surface area (Å²) in [5.74, 6) is 0.226. The molecule has 0 spiro atoms. The maximum Gasteiger partial charge on any atom is 0.262 e. The third-order valence-electron chi connectivity index (χ3n) is 5.76. The Morgan fingerprint density at radius 2 is 1.67 bits per heavy atom. The standard InChI is InChI=1S/C25H23N3O2/c26-25-27-22-15-19(17-7-3-1-4-8-17)11-13-21(22)24(29)28(25)16-20-12-14-23(30-20)18-9-5-2-6-10-18/h1-11,13,15,20,23H,12,14,16H2,(H2,26,27)/t20-,23+/m1/s1. The Morgan fingerprint density at radius 3 is 2.43 bits per heavy atom. The van der Waals surface area contributed by atoms with Crippen molar-refractivity contribution in [2.24, 2.45) is 0 Å². The van der Waals surface area contributed by atoms with Gasteiger partial charge in [0.25, 0.3) is 5.56 Å². The summed E-state index contributed by atoms with van der Waals surface area (Å²) in [6.07, 6.45) is 1.83. The first-order valence-corrected chi connectivity index (χ1v) is 10.2. The number of aromatic nitrogens is 2. The first-order valence-electron chi connectivity index (χ1n) is 10.2. The second-order valence-electron chi connectivity index (χ2n) is 7.72. The van der Waals surface area contributed by atoms with Gasteiger partial charge in [-0.2, -0.15) is 0 Å². The monoisotopic (exact) mass is 397 g/mol. The lowest BCUT2D eigenvalue weighted by atomic mass is 10.0. The molecule has 150 valence electrons. The topological polar surface area (TPSA) is 70.1 Å². The van der Waals surface area contributed by atoms with Crippen LogP contribution in [0.15, 0.2) is 83.7 Å². The van der Waals surface area contributed by atoms with E-state index in [-0.39, 0.29) is 23.7 Å². The molecule has 2 N–H and O–H groups in total. The predicted molar refractivity (Wildman–Crippen MR) is 119 cm³/mol. The highest BCUT2D eigenvalue weighted by Gasteiger charge is 2.27. The van der Waals surface area contributed by atoms with Crippen LogP contribution in [-0.2, 0) is 11.3 Å². The fraction of sp³-hybridized carbons (Fsp3) is 0.200. The van der Waals surface area contributed by atoms with Gasteiger partial charge >= 0.3 is 0 Å². The van der Waals surface area contributed by atoms with Crippen molar-refractivity contribution < 1.29 is 4.74 Å². The molecule has 1 aliphatic rings. The number of nitrogens with two attached hydrogens (primary N) is 1. The molecule has 5 nitrogen and oxygen atoms in total. The molecule has 2 atom stereocenters. The highest BCUT2D eigenvalue weighted by Crippen LogP contribution is 2.33. The van der Waals surface area contributed by atoms with Gasteiger partial charge in [0.05, 0.1) is 29.7 Å². The first kappa shape index (κ1) is 18.6. The maximum atomic E-state index is 13.1. The minimum atomic E-state index is -0.121. The van der Waals surface area contributed by atoms with E-state index in [4.69, 9.17) is 10.5 Å². The lowest BCUT2D eigenvalue weighted by molar-refractivity contribution is 0.0348. The van der Waals surface area contributed by atoms with Crippen molar-refractivity contribution in [1.29, 1.82) is 0 Å². The van der Waals surface area contributed by atoms with Crippen molar-refractivity contribution in [3.8, 4) is 11.1 Å². The van der Waals surface area contributed by atoms with E-state index in [0.717, 1.165) is 24.0 Å². The molecule has 30 heavy (non-hydrogen) atoms. The van der Waals surface area contributed by atoms with Gasteiger partial charge in [-0.15, -0.1) is 0 Å². The molecule has 0 unspecified atom stereocenters. The molecular formula is C25H23N3O2. The second-order valence-corrected chi connectivity index (χ2v) is 7.72. The van der Waals surface area contributed by atoms with Gasteiger partial charge in [-0.25, -0.2) is 4.98 Å². The molecule has 5 rings (SSSR count). The van der Waals surface area contributed by atoms with E-state index in [9.17, 15) is 4.79 Å². The zero-order valence-corrected chi connectivity index (χ0v) is 16.6. The van der Waals surface area contributed by atoms with E-state index in [1.54, 1.807) is 4.57 Å². The van der Waals surface area contributed by atoms with Gasteiger partial charge in [0, 0.05) is 0 Å². The average Bonchev–Trinajstić information content (AvgIpc) is 3.26. The molecule has 1 aliphatic heterocycles. The highest BCUT2D eigenvalue weighted by atomic mass is 16.5. The summed E-state index contributed by atoms with van der Waals surface area (Å²) in [6.45, 7) is 0.414. The normalized spacial score (nSPS) is 18.7. The van der Waals surface area contributed by atoms with Crippen LogP contribution < -0.4 is 11.3 Å². The fourth-order valence-corrected chi connectivity index (χ4v) is 4.18. The van der Waals surface area contributed by atoms with Gasteiger partial charge in [0.1, 0.15) is 0 Å². The van der Waals surface area contributed by atoms with Crippen LogP contribution in [0.5, 0.6) is 0 Å². The number of rotatable bonds is 4. The summed E-state index contributed by atoms with van der Waals surface area (Å²) in [5.41, 5.74) is 9.95. The summed E-state index contributed by atoms with van der Waals surface area (Å²) in [6, 6.07) is 25.9. The molecule has 0 bridgehead atoms. The first-order chi connectivity index (χ1) is 14.7. The van der Waals surface area contributed by atoms with Gasteiger partial charge in [0.2, 0.25) is 5.95 Å². The van der Waals surface area contributed by atoms with Crippen LogP contribution in [-0.4, -0.2) is 15.7 Å². The van der Waals surface area contributed by atoms with Gasteiger partial charge in [-0.05, 0) is 41.7 Å². The highest BCUT2D eigenvalue weighted by molar-refractivity contribution is 5.84. The Morgan fingerprint density at radius 1 is 0.933 bits per heavy atom. The van der Waals surface area contributed by atoms with Crippen LogP contribution in [0.4, 0.5) is 5.95 Å². The molecule has 0 amide bonds. The molecule has 1 aromatic heterocycles. The lowest BCUT2D eigenvalue weighted by Crippen LogP contribution is -2.29. The number of benzene rings is 3. The largest absolute Gasteiger partial charge is 0.369 e. The quantitative estimate of drug-likeness (QED) is 0.548. The Labute approximate surface area is 174 Å². The van der Waals surface area contributed by atoms with Crippen LogP contribution in [0.2, 0.25) is 0 Å². The zero-order valence-electron chi connectivity index (χ0n) is 16.6. The van der Waals surface area contributed by atoms with Crippen molar-refractivity contribution in [2.75, 3.05) is 5.73 Å². The number of hydrogen-bond donors (Lipinski definition) is 1. The molecule has 3 aromatic carbocycles. The number of ether oxygens (including phenoxy) is 1. The van der Waals surface area contributed by atoms with Crippen LogP contribution in [0.25, 0.3) is 22.0 Å². The third kappa shape index (κ3) is 3.48. The van der Waals surface area contributed by atoms with E-state index in [1.807, 2.05) is 66.7 Å². The van der Waals surface area contributed by atoms with Crippen molar-refractivity contribution in [2.45, 2.75) is 31.6 Å². The van der Waals surface area contributed by atoms with E-state index in [0.29, 0.717) is 17.4 Å². The Balaban J connectivity index is 1.42. The fourth-order valence-electron chi connectivity index (χ4n) is 4.18. The van der Waals surface area contributed by atoms with Gasteiger partial charge in [-0.3, -0.25) is 9.36 Å². The van der Waals surface area contributed by atoms with Crippen LogP contribution >= 0.6 is 0 Å². The Kier molecular flexibility index (Phi) is 4.81. The predicted octanol–water partition coefficient (Wildman–Crippen LogP) is 4.57. The summed E-state index contributed by atoms with van der Waals surface area (Å²) in [7, 11) is 0. The minimum Gasteiger partial charge on any atom is -0.369 e. The summed E-state index contributed by atoms with van der Waals surface area (Å²) in [5, 5.41) is 0.571. The average molecular weight is 397 g/mol. The molecule has 5 heteroatoms. The van der Waals surface area contributed by atoms with Crippen molar-refractivity contribution >= 4 is 16.9 Å². The number of nitrogens with zero attached hydrogens (tertiary/aromatic N) is 2. The Hall–Kier alpha value is -3.44. The number of hydrogen-bond acceptors (Lipinski definition) is 4. The summed E-state index contributed by atoms with van der Waals surface area (Å²) >= 11 is 0. The van der Waals surface area contributed by atoms with Gasteiger partial charge in [0.15, 0.2) is 0 Å². The van der Waals surface area contributed by atoms with Crippen molar-refractivity contribution in [3.63, 3.8) is 0 Å². The third-order valence-corrected chi connectivity index (χ3v) is 5.76. The van der Waals surface area contributed by atoms with Crippen LogP contribution in [0.3, 0.4) is 0 Å². The smallest absolute Gasteiger partial charge is 0.262 e.